The molecule has 1 aliphatic rings. The molecule has 3 N–H and O–H groups in total. The second kappa shape index (κ2) is 6.00. The lowest BCUT2D eigenvalue weighted by atomic mass is 9.97. The number of benzene rings is 1. The van der Waals surface area contributed by atoms with Gasteiger partial charge in [0, 0.05) is 10.6 Å². The van der Waals surface area contributed by atoms with Crippen molar-refractivity contribution in [2.75, 3.05) is 5.32 Å². The maximum atomic E-state index is 11.2. The number of rotatable bonds is 3. The molecule has 2 heterocycles. The van der Waals surface area contributed by atoms with Crippen molar-refractivity contribution in [3.8, 4) is 5.75 Å². The summed E-state index contributed by atoms with van der Waals surface area (Å²) in [6.45, 7) is 1.85. The van der Waals surface area contributed by atoms with Gasteiger partial charge in [0.25, 0.3) is 0 Å². The van der Waals surface area contributed by atoms with Gasteiger partial charge in [-0.05, 0) is 56.4 Å². The molecule has 6 nitrogen and oxygen atoms in total. The molecule has 0 aliphatic heterocycles. The van der Waals surface area contributed by atoms with Gasteiger partial charge < -0.3 is 15.5 Å². The van der Waals surface area contributed by atoms with Crippen LogP contribution in [0.25, 0.3) is 10.2 Å². The fraction of sp³-hybridized carbons (Fsp3) is 0.278. The highest BCUT2D eigenvalue weighted by molar-refractivity contribution is 7.19. The molecular weight excluding hydrogens is 338 g/mol. The molecule has 0 unspecified atom stereocenters. The number of nitrogens with zero attached hydrogens (tertiary/aromatic N) is 2. The van der Waals surface area contributed by atoms with Crippen molar-refractivity contribution >= 4 is 39.0 Å². The van der Waals surface area contributed by atoms with E-state index in [1.54, 1.807) is 17.4 Å². The summed E-state index contributed by atoms with van der Waals surface area (Å²) >= 11 is 1.72. The van der Waals surface area contributed by atoms with Crippen LogP contribution in [0.3, 0.4) is 0 Å². The van der Waals surface area contributed by atoms with Gasteiger partial charge in [0.05, 0.1) is 5.39 Å². The van der Waals surface area contributed by atoms with Gasteiger partial charge in [-0.15, -0.1) is 11.3 Å². The van der Waals surface area contributed by atoms with Crippen molar-refractivity contribution in [3.05, 3.63) is 40.0 Å². The third-order valence-corrected chi connectivity index (χ3v) is 5.60. The minimum Gasteiger partial charge on any atom is -0.507 e. The first-order chi connectivity index (χ1) is 12.0. The lowest BCUT2D eigenvalue weighted by Gasteiger charge is -2.13. The second-order valence-electron chi connectivity index (χ2n) is 6.17. The Bertz CT molecular complexity index is 997. The quantitative estimate of drug-likeness (QED) is 0.614. The SMILES string of the molecule is Cc1nc(Nc2ccc(O)c(C(=O)O)c2)c2c3c(sc2n1)CCCC3. The van der Waals surface area contributed by atoms with Crippen molar-refractivity contribution in [3.63, 3.8) is 0 Å². The first-order valence-electron chi connectivity index (χ1n) is 8.15. The summed E-state index contributed by atoms with van der Waals surface area (Å²) in [7, 11) is 0. The smallest absolute Gasteiger partial charge is 0.339 e. The molecule has 128 valence electrons. The van der Waals surface area contributed by atoms with Gasteiger partial charge in [0.15, 0.2) is 0 Å². The molecule has 4 rings (SSSR count). The summed E-state index contributed by atoms with van der Waals surface area (Å²) in [6, 6.07) is 4.43. The zero-order valence-corrected chi connectivity index (χ0v) is 14.5. The molecular formula is C18H17N3O3S. The number of carboxylic acids is 1. The van der Waals surface area contributed by atoms with Gasteiger partial charge in [0.1, 0.15) is 27.8 Å². The molecule has 0 radical (unpaired) electrons. The Morgan fingerprint density at radius 2 is 2.04 bits per heavy atom. The van der Waals surface area contributed by atoms with Gasteiger partial charge in [-0.3, -0.25) is 0 Å². The topological polar surface area (TPSA) is 95.3 Å². The number of aromatic carboxylic acids is 1. The van der Waals surface area contributed by atoms with E-state index in [1.165, 1.54) is 29.0 Å². The molecule has 0 saturated carbocycles. The minimum atomic E-state index is -1.17. The van der Waals surface area contributed by atoms with E-state index in [-0.39, 0.29) is 11.3 Å². The Morgan fingerprint density at radius 1 is 1.24 bits per heavy atom. The fourth-order valence-electron chi connectivity index (χ4n) is 3.28. The lowest BCUT2D eigenvalue weighted by molar-refractivity contribution is 0.0694. The summed E-state index contributed by atoms with van der Waals surface area (Å²) in [6.07, 6.45) is 4.47. The Hall–Kier alpha value is -2.67. The first kappa shape index (κ1) is 15.8. The molecule has 0 bridgehead atoms. The summed E-state index contributed by atoms with van der Waals surface area (Å²) in [5.41, 5.74) is 1.75. The zero-order valence-electron chi connectivity index (χ0n) is 13.7. The number of hydrogen-bond acceptors (Lipinski definition) is 6. The highest BCUT2D eigenvalue weighted by Crippen LogP contribution is 2.39. The number of thiophene rings is 1. The van der Waals surface area contributed by atoms with Crippen LogP contribution in [0, 0.1) is 6.92 Å². The van der Waals surface area contributed by atoms with Crippen molar-refractivity contribution in [2.24, 2.45) is 0 Å². The van der Waals surface area contributed by atoms with Crippen LogP contribution in [-0.2, 0) is 12.8 Å². The molecule has 25 heavy (non-hydrogen) atoms. The van der Waals surface area contributed by atoms with Gasteiger partial charge in [-0.25, -0.2) is 14.8 Å². The molecule has 1 aromatic carbocycles. The maximum Gasteiger partial charge on any atom is 0.339 e. The number of carbonyl (C=O) groups is 1. The molecule has 0 saturated heterocycles. The van der Waals surface area contributed by atoms with E-state index < -0.39 is 5.97 Å². The second-order valence-corrected chi connectivity index (χ2v) is 7.26. The van der Waals surface area contributed by atoms with Gasteiger partial charge in [-0.1, -0.05) is 0 Å². The summed E-state index contributed by atoms with van der Waals surface area (Å²) < 4.78 is 0. The Kier molecular flexibility index (Phi) is 3.80. The van der Waals surface area contributed by atoms with Crippen molar-refractivity contribution in [1.82, 2.24) is 9.97 Å². The molecule has 2 aromatic heterocycles. The third kappa shape index (κ3) is 2.80. The molecule has 0 spiro atoms. The predicted octanol–water partition coefficient (Wildman–Crippen LogP) is 4.03. The average molecular weight is 355 g/mol. The standard InChI is InChI=1S/C18H17N3O3S/c1-9-19-16(21-10-6-7-13(22)12(8-10)18(23)24)15-11-4-2-3-5-14(11)25-17(15)20-9/h6-8,22H,2-5H2,1H3,(H,23,24)(H,19,20,21). The van der Waals surface area contributed by atoms with Crippen LogP contribution < -0.4 is 5.32 Å². The highest BCUT2D eigenvalue weighted by Gasteiger charge is 2.21. The van der Waals surface area contributed by atoms with Crippen molar-refractivity contribution in [2.45, 2.75) is 32.6 Å². The number of aromatic nitrogens is 2. The van der Waals surface area contributed by atoms with Crippen LogP contribution in [-0.4, -0.2) is 26.2 Å². The van der Waals surface area contributed by atoms with Gasteiger partial charge in [-0.2, -0.15) is 0 Å². The van der Waals surface area contributed by atoms with E-state index in [4.69, 9.17) is 0 Å². The molecule has 1 aliphatic carbocycles. The zero-order chi connectivity index (χ0) is 17.6. The Balaban J connectivity index is 1.83. The maximum absolute atomic E-state index is 11.2. The average Bonchev–Trinajstić information content (AvgIpc) is 2.94. The van der Waals surface area contributed by atoms with E-state index in [1.807, 2.05) is 6.92 Å². The number of aryl methyl sites for hydroxylation is 3. The largest absolute Gasteiger partial charge is 0.507 e. The first-order valence-corrected chi connectivity index (χ1v) is 8.97. The van der Waals surface area contributed by atoms with Gasteiger partial charge in [0.2, 0.25) is 0 Å². The summed E-state index contributed by atoms with van der Waals surface area (Å²) in [5, 5.41) is 23.1. The van der Waals surface area contributed by atoms with Crippen molar-refractivity contribution in [1.29, 1.82) is 0 Å². The van der Waals surface area contributed by atoms with E-state index in [0.29, 0.717) is 17.3 Å². The van der Waals surface area contributed by atoms with E-state index >= 15 is 0 Å². The van der Waals surface area contributed by atoms with E-state index in [2.05, 4.69) is 15.3 Å². The number of hydrogen-bond donors (Lipinski definition) is 3. The van der Waals surface area contributed by atoms with E-state index in [9.17, 15) is 15.0 Å². The number of fused-ring (bicyclic) bond motifs is 3. The number of aromatic hydroxyl groups is 1. The number of nitrogens with one attached hydrogen (secondary N) is 1. The summed E-state index contributed by atoms with van der Waals surface area (Å²) in [5.74, 6) is -0.0529. The summed E-state index contributed by atoms with van der Waals surface area (Å²) in [4.78, 5) is 22.7. The van der Waals surface area contributed by atoms with Gasteiger partial charge >= 0.3 is 5.97 Å². The van der Waals surface area contributed by atoms with Crippen molar-refractivity contribution < 1.29 is 15.0 Å². The van der Waals surface area contributed by atoms with Crippen LogP contribution in [0.2, 0.25) is 0 Å². The van der Waals surface area contributed by atoms with Crippen LogP contribution in [0.4, 0.5) is 11.5 Å². The van der Waals surface area contributed by atoms with E-state index in [0.717, 1.165) is 29.5 Å². The minimum absolute atomic E-state index is 0.139. The predicted molar refractivity (Wildman–Crippen MR) is 97.1 cm³/mol. The lowest BCUT2D eigenvalue weighted by Crippen LogP contribution is -2.03. The third-order valence-electron chi connectivity index (χ3n) is 4.42. The van der Waals surface area contributed by atoms with Crippen LogP contribution in [0.1, 0.15) is 39.5 Å². The number of carboxylic acid groups (broad SMARTS) is 1. The van der Waals surface area contributed by atoms with Crippen LogP contribution in [0.5, 0.6) is 5.75 Å². The fourth-order valence-corrected chi connectivity index (χ4v) is 4.58. The van der Waals surface area contributed by atoms with Crippen LogP contribution in [0.15, 0.2) is 18.2 Å². The van der Waals surface area contributed by atoms with Crippen LogP contribution >= 0.6 is 11.3 Å². The highest BCUT2D eigenvalue weighted by atomic mass is 32.1. The molecule has 7 heteroatoms. The molecule has 0 amide bonds. The number of phenols is 1. The number of anilines is 2. The molecule has 3 aromatic rings. The Labute approximate surface area is 148 Å². The monoisotopic (exact) mass is 355 g/mol. The normalized spacial score (nSPS) is 13.6. The molecule has 0 fully saturated rings. The molecule has 0 atom stereocenters. The Morgan fingerprint density at radius 3 is 2.84 bits per heavy atom.